The Morgan fingerprint density at radius 3 is 2.94 bits per heavy atom. The largest absolute Gasteiger partial charge is 0.385 e. The number of hydrogen-bond acceptors (Lipinski definition) is 2. The topological polar surface area (TPSA) is 38.3 Å². The molecule has 1 aromatic carbocycles. The van der Waals surface area contributed by atoms with E-state index >= 15 is 0 Å². The predicted octanol–water partition coefficient (Wildman–Crippen LogP) is 3.17. The van der Waals surface area contributed by atoms with Crippen LogP contribution in [0.25, 0.3) is 0 Å². The highest BCUT2D eigenvalue weighted by atomic mass is 16.5. The van der Waals surface area contributed by atoms with Gasteiger partial charge in [-0.15, -0.1) is 0 Å². The van der Waals surface area contributed by atoms with Crippen LogP contribution < -0.4 is 5.32 Å². The smallest absolute Gasteiger partial charge is 0.247 e. The summed E-state index contributed by atoms with van der Waals surface area (Å²) in [5.74, 6) is -0.174. The Kier molecular flexibility index (Phi) is 6.81. The summed E-state index contributed by atoms with van der Waals surface area (Å²) in [5.41, 5.74) is 2.07. The lowest BCUT2D eigenvalue weighted by molar-refractivity contribution is -0.111. The fourth-order valence-electron chi connectivity index (χ4n) is 1.75. The zero-order valence-electron chi connectivity index (χ0n) is 10.9. The van der Waals surface area contributed by atoms with Crippen LogP contribution in [0.3, 0.4) is 0 Å². The minimum Gasteiger partial charge on any atom is -0.385 e. The highest BCUT2D eigenvalue weighted by Gasteiger charge is 1.99. The number of ether oxygens (including phenoxy) is 1. The maximum absolute atomic E-state index is 11.2. The van der Waals surface area contributed by atoms with Crippen molar-refractivity contribution < 1.29 is 9.53 Å². The van der Waals surface area contributed by atoms with E-state index in [4.69, 9.17) is 4.74 Å². The van der Waals surface area contributed by atoms with Gasteiger partial charge in [-0.25, -0.2) is 0 Å². The van der Waals surface area contributed by atoms with Crippen molar-refractivity contribution in [1.29, 1.82) is 0 Å². The molecule has 0 unspecified atom stereocenters. The van der Waals surface area contributed by atoms with Gasteiger partial charge in [-0.3, -0.25) is 4.79 Å². The average molecular weight is 247 g/mol. The van der Waals surface area contributed by atoms with Gasteiger partial charge in [-0.2, -0.15) is 0 Å². The summed E-state index contributed by atoms with van der Waals surface area (Å²) in [5, 5.41) is 2.77. The van der Waals surface area contributed by atoms with Crippen molar-refractivity contribution in [2.24, 2.45) is 0 Å². The molecule has 0 aliphatic rings. The van der Waals surface area contributed by atoms with E-state index in [0.717, 1.165) is 38.0 Å². The summed E-state index contributed by atoms with van der Waals surface area (Å²) in [6.45, 7) is 4.26. The van der Waals surface area contributed by atoms with Gasteiger partial charge in [0.25, 0.3) is 0 Å². The second-order valence-electron chi connectivity index (χ2n) is 4.20. The molecule has 0 aromatic heterocycles. The van der Waals surface area contributed by atoms with Gasteiger partial charge in [-0.1, -0.05) is 25.1 Å². The number of unbranched alkanes of at least 4 members (excludes halogenated alkanes) is 2. The minimum atomic E-state index is -0.174. The van der Waals surface area contributed by atoms with Crippen LogP contribution in [-0.2, 0) is 16.0 Å². The van der Waals surface area contributed by atoms with Crippen LogP contribution in [-0.4, -0.2) is 19.6 Å². The van der Waals surface area contributed by atoms with E-state index in [-0.39, 0.29) is 5.91 Å². The summed E-state index contributed by atoms with van der Waals surface area (Å²) in [6, 6.07) is 7.94. The van der Waals surface area contributed by atoms with Gasteiger partial charge in [0.05, 0.1) is 0 Å². The van der Waals surface area contributed by atoms with E-state index in [1.165, 1.54) is 11.6 Å². The van der Waals surface area contributed by atoms with Gasteiger partial charge >= 0.3 is 0 Å². The van der Waals surface area contributed by atoms with Gasteiger partial charge in [-0.05, 0) is 43.0 Å². The first-order chi connectivity index (χ1) is 8.76. The normalized spacial score (nSPS) is 10.1. The second-order valence-corrected chi connectivity index (χ2v) is 4.20. The third-order valence-electron chi connectivity index (χ3n) is 2.69. The number of benzene rings is 1. The predicted molar refractivity (Wildman–Crippen MR) is 74.7 cm³/mol. The first-order valence-corrected chi connectivity index (χ1v) is 6.27. The van der Waals surface area contributed by atoms with E-state index in [1.54, 1.807) is 7.11 Å². The zero-order chi connectivity index (χ0) is 13.2. The van der Waals surface area contributed by atoms with Gasteiger partial charge in [0, 0.05) is 19.4 Å². The zero-order valence-corrected chi connectivity index (χ0v) is 10.9. The lowest BCUT2D eigenvalue weighted by Gasteiger charge is -2.06. The number of anilines is 1. The average Bonchev–Trinajstić information content (AvgIpc) is 2.39. The Hall–Kier alpha value is -1.61. The number of aryl methyl sites for hydroxylation is 1. The molecule has 0 bridgehead atoms. The third kappa shape index (κ3) is 5.64. The fraction of sp³-hybridized carbons (Fsp3) is 0.400. The van der Waals surface area contributed by atoms with Crippen LogP contribution in [0, 0.1) is 0 Å². The van der Waals surface area contributed by atoms with Crippen molar-refractivity contribution in [1.82, 2.24) is 0 Å². The van der Waals surface area contributed by atoms with Crippen molar-refractivity contribution >= 4 is 11.6 Å². The monoisotopic (exact) mass is 247 g/mol. The third-order valence-corrected chi connectivity index (χ3v) is 2.69. The van der Waals surface area contributed by atoms with E-state index in [0.29, 0.717) is 0 Å². The lowest BCUT2D eigenvalue weighted by atomic mass is 10.1. The number of nitrogens with one attached hydrogen (secondary N) is 1. The molecule has 0 aliphatic carbocycles. The Morgan fingerprint density at radius 2 is 2.22 bits per heavy atom. The molecule has 0 fully saturated rings. The maximum Gasteiger partial charge on any atom is 0.247 e. The Bertz CT molecular complexity index is 388. The van der Waals surface area contributed by atoms with Gasteiger partial charge < -0.3 is 10.1 Å². The number of amides is 1. The number of rotatable bonds is 8. The van der Waals surface area contributed by atoms with Gasteiger partial charge in [0.2, 0.25) is 5.91 Å². The van der Waals surface area contributed by atoms with Crippen molar-refractivity contribution in [2.75, 3.05) is 19.0 Å². The molecule has 0 radical (unpaired) electrons. The van der Waals surface area contributed by atoms with E-state index in [2.05, 4.69) is 18.0 Å². The van der Waals surface area contributed by atoms with Crippen LogP contribution in [0.1, 0.15) is 24.8 Å². The molecule has 0 heterocycles. The minimum absolute atomic E-state index is 0.174. The molecule has 0 saturated carbocycles. The summed E-state index contributed by atoms with van der Waals surface area (Å²) in [7, 11) is 1.73. The highest BCUT2D eigenvalue weighted by molar-refractivity contribution is 5.98. The Balaban J connectivity index is 2.39. The summed E-state index contributed by atoms with van der Waals surface area (Å²) >= 11 is 0. The number of carbonyl (C=O) groups excluding carboxylic acids is 1. The Morgan fingerprint density at radius 1 is 1.39 bits per heavy atom. The fourth-order valence-corrected chi connectivity index (χ4v) is 1.75. The van der Waals surface area contributed by atoms with Crippen molar-refractivity contribution in [2.45, 2.75) is 25.7 Å². The number of hydrogen-bond donors (Lipinski definition) is 1. The molecule has 3 nitrogen and oxygen atoms in total. The van der Waals surface area contributed by atoms with Gasteiger partial charge in [0.1, 0.15) is 0 Å². The molecule has 18 heavy (non-hydrogen) atoms. The number of carbonyl (C=O) groups is 1. The van der Waals surface area contributed by atoms with E-state index < -0.39 is 0 Å². The Labute approximate surface area is 109 Å². The second kappa shape index (κ2) is 8.48. The van der Waals surface area contributed by atoms with Crippen molar-refractivity contribution in [3.63, 3.8) is 0 Å². The molecular weight excluding hydrogens is 226 g/mol. The molecule has 0 saturated heterocycles. The molecule has 1 aromatic rings. The summed E-state index contributed by atoms with van der Waals surface area (Å²) in [6.07, 6.45) is 5.71. The quantitative estimate of drug-likeness (QED) is 0.566. The molecule has 1 N–H and O–H groups in total. The SMILES string of the molecule is C=CC(=O)Nc1cccc(CCCCCOC)c1. The number of methoxy groups -OCH3 is 1. The first-order valence-electron chi connectivity index (χ1n) is 6.27. The molecule has 1 rings (SSSR count). The summed E-state index contributed by atoms with van der Waals surface area (Å²) in [4.78, 5) is 11.2. The van der Waals surface area contributed by atoms with Crippen LogP contribution in [0.15, 0.2) is 36.9 Å². The highest BCUT2D eigenvalue weighted by Crippen LogP contribution is 2.13. The molecule has 0 aliphatic heterocycles. The molecule has 3 heteroatoms. The summed E-state index contributed by atoms with van der Waals surface area (Å²) < 4.78 is 5.01. The van der Waals surface area contributed by atoms with Crippen LogP contribution in [0.5, 0.6) is 0 Å². The maximum atomic E-state index is 11.2. The molecule has 1 amide bonds. The van der Waals surface area contributed by atoms with Crippen molar-refractivity contribution in [3.8, 4) is 0 Å². The van der Waals surface area contributed by atoms with E-state index in [9.17, 15) is 4.79 Å². The first kappa shape index (κ1) is 14.5. The molecule has 98 valence electrons. The molecule has 0 spiro atoms. The standard InChI is InChI=1S/C15H21NO2/c1-3-15(17)16-14-10-7-9-13(12-14)8-5-4-6-11-18-2/h3,7,9-10,12H,1,4-6,8,11H2,2H3,(H,16,17). The van der Waals surface area contributed by atoms with Crippen LogP contribution in [0.4, 0.5) is 5.69 Å². The van der Waals surface area contributed by atoms with Crippen LogP contribution in [0.2, 0.25) is 0 Å². The molecule has 0 atom stereocenters. The molecular formula is C15H21NO2. The van der Waals surface area contributed by atoms with Crippen LogP contribution >= 0.6 is 0 Å². The van der Waals surface area contributed by atoms with Crippen molar-refractivity contribution in [3.05, 3.63) is 42.5 Å². The van der Waals surface area contributed by atoms with Gasteiger partial charge in [0.15, 0.2) is 0 Å². The van der Waals surface area contributed by atoms with E-state index in [1.807, 2.05) is 18.2 Å². The lowest BCUT2D eigenvalue weighted by Crippen LogP contribution is -2.07.